The summed E-state index contributed by atoms with van der Waals surface area (Å²) < 4.78 is 7.49. The van der Waals surface area contributed by atoms with Crippen LogP contribution in [-0.4, -0.2) is 66.5 Å². The monoisotopic (exact) mass is 534 g/mol. The Kier molecular flexibility index (Phi) is 6.90. The van der Waals surface area contributed by atoms with Gasteiger partial charge in [0.2, 0.25) is 0 Å². The van der Waals surface area contributed by atoms with Crippen LogP contribution in [0.15, 0.2) is 78.9 Å². The van der Waals surface area contributed by atoms with Gasteiger partial charge in [-0.3, -0.25) is 9.59 Å². The van der Waals surface area contributed by atoms with Gasteiger partial charge in [0.15, 0.2) is 0 Å². The normalized spacial score (nSPS) is 15.3. The van der Waals surface area contributed by atoms with Crippen LogP contribution in [0.1, 0.15) is 37.7 Å². The predicted molar refractivity (Wildman–Crippen MR) is 157 cm³/mol. The average Bonchev–Trinajstić information content (AvgIpc) is 3.29. The van der Waals surface area contributed by atoms with Crippen molar-refractivity contribution in [2.75, 3.05) is 45.2 Å². The summed E-state index contributed by atoms with van der Waals surface area (Å²) in [5.74, 6) is 0.793. The quantitative estimate of drug-likeness (QED) is 0.367. The van der Waals surface area contributed by atoms with Crippen LogP contribution in [-0.2, 0) is 13.1 Å². The molecule has 0 saturated carbocycles. The summed E-state index contributed by atoms with van der Waals surface area (Å²) in [6.07, 6.45) is 0. The lowest BCUT2D eigenvalue weighted by Crippen LogP contribution is -2.47. The van der Waals surface area contributed by atoms with Gasteiger partial charge in [-0.1, -0.05) is 36.4 Å². The molecule has 40 heavy (non-hydrogen) atoms. The number of hydrogen-bond acceptors (Lipinski definition) is 4. The number of likely N-dealkylation sites (N-methyl/N-ethyl adjacent to an activating group) is 1. The Hall–Kier alpha value is -4.36. The number of anilines is 1. The summed E-state index contributed by atoms with van der Waals surface area (Å²) in [5, 5.41) is 0. The maximum atomic E-state index is 14.1. The van der Waals surface area contributed by atoms with E-state index in [1.54, 1.807) is 7.11 Å². The van der Waals surface area contributed by atoms with Crippen molar-refractivity contribution in [3.05, 3.63) is 107 Å². The maximum absolute atomic E-state index is 14.1. The summed E-state index contributed by atoms with van der Waals surface area (Å²) in [6, 6.07) is 25.7. The first-order valence-corrected chi connectivity index (χ1v) is 13.7. The first kappa shape index (κ1) is 25.9. The summed E-state index contributed by atoms with van der Waals surface area (Å²) >= 11 is 0. The van der Waals surface area contributed by atoms with E-state index >= 15 is 0 Å². The Morgan fingerprint density at radius 3 is 2.38 bits per heavy atom. The van der Waals surface area contributed by atoms with Crippen LogP contribution in [0.2, 0.25) is 0 Å². The highest BCUT2D eigenvalue weighted by molar-refractivity contribution is 6.07. The summed E-state index contributed by atoms with van der Waals surface area (Å²) in [5.41, 5.74) is 7.29. The summed E-state index contributed by atoms with van der Waals surface area (Å²) in [6.45, 7) is 6.17. The number of carbonyl (C=O) groups is 2. The lowest BCUT2D eigenvalue weighted by Gasteiger charge is -2.32. The van der Waals surface area contributed by atoms with Gasteiger partial charge in [0.1, 0.15) is 11.4 Å². The molecule has 0 unspecified atom stereocenters. The number of ether oxygens (including phenoxy) is 1. The molecule has 1 saturated heterocycles. The zero-order chi connectivity index (χ0) is 27.8. The van der Waals surface area contributed by atoms with Gasteiger partial charge in [-0.25, -0.2) is 0 Å². The number of aromatic nitrogens is 1. The first-order valence-electron chi connectivity index (χ1n) is 13.7. The molecule has 0 bridgehead atoms. The number of piperazine rings is 1. The standard InChI is InChI=1S/C33H34N4O3/c1-23-19-25(11-13-29(23)24-8-6-9-28(20-24)40-3)32(38)37-22-27-12-14-31(33(39)35-17-15-34(2)16-18-35)36(27)21-26-7-4-5-10-30(26)37/h4-14,19-20H,15-18,21-22H2,1-3H3. The molecule has 204 valence electrons. The number of carbonyl (C=O) groups excluding carboxylic acids is 2. The highest BCUT2D eigenvalue weighted by Gasteiger charge is 2.29. The van der Waals surface area contributed by atoms with Gasteiger partial charge in [-0.2, -0.15) is 0 Å². The second-order valence-electron chi connectivity index (χ2n) is 10.7. The molecule has 7 heteroatoms. The molecule has 1 fully saturated rings. The molecule has 0 spiro atoms. The second kappa shape index (κ2) is 10.7. The molecular formula is C33H34N4O3. The van der Waals surface area contributed by atoms with Crippen molar-refractivity contribution in [2.24, 2.45) is 0 Å². The van der Waals surface area contributed by atoms with E-state index in [1.165, 1.54) is 0 Å². The van der Waals surface area contributed by atoms with Crippen LogP contribution in [0.25, 0.3) is 11.1 Å². The molecule has 2 amide bonds. The molecular weight excluding hydrogens is 500 g/mol. The number of nitrogens with zero attached hydrogens (tertiary/aromatic N) is 4. The van der Waals surface area contributed by atoms with Crippen LogP contribution in [0.5, 0.6) is 5.75 Å². The molecule has 1 aromatic heterocycles. The number of rotatable bonds is 4. The van der Waals surface area contributed by atoms with Crippen molar-refractivity contribution in [1.29, 1.82) is 0 Å². The van der Waals surface area contributed by atoms with Gasteiger partial charge in [-0.15, -0.1) is 0 Å². The fourth-order valence-corrected chi connectivity index (χ4v) is 5.77. The third kappa shape index (κ3) is 4.77. The smallest absolute Gasteiger partial charge is 0.270 e. The number of benzene rings is 3. The van der Waals surface area contributed by atoms with Crippen molar-refractivity contribution < 1.29 is 14.3 Å². The van der Waals surface area contributed by atoms with Crippen molar-refractivity contribution in [3.63, 3.8) is 0 Å². The number of para-hydroxylation sites is 1. The molecule has 3 heterocycles. The maximum Gasteiger partial charge on any atom is 0.270 e. The Bertz CT molecular complexity index is 1580. The molecule has 0 N–H and O–H groups in total. The highest BCUT2D eigenvalue weighted by atomic mass is 16.5. The largest absolute Gasteiger partial charge is 0.497 e. The van der Waals surface area contributed by atoms with E-state index in [2.05, 4.69) is 16.5 Å². The number of hydrogen-bond donors (Lipinski definition) is 0. The fraction of sp³-hybridized carbons (Fsp3) is 0.273. The van der Waals surface area contributed by atoms with Gasteiger partial charge in [0, 0.05) is 43.1 Å². The van der Waals surface area contributed by atoms with Gasteiger partial charge in [0.05, 0.1) is 20.2 Å². The minimum absolute atomic E-state index is 0.0559. The van der Waals surface area contributed by atoms with Crippen molar-refractivity contribution >= 4 is 17.5 Å². The van der Waals surface area contributed by atoms with Crippen LogP contribution >= 0.6 is 0 Å². The Morgan fingerprint density at radius 2 is 1.60 bits per heavy atom. The number of fused-ring (bicyclic) bond motifs is 2. The molecule has 0 atom stereocenters. The second-order valence-corrected chi connectivity index (χ2v) is 10.7. The molecule has 0 radical (unpaired) electrons. The van der Waals surface area contributed by atoms with Crippen molar-refractivity contribution in [2.45, 2.75) is 20.0 Å². The van der Waals surface area contributed by atoms with Crippen molar-refractivity contribution in [3.8, 4) is 16.9 Å². The molecule has 7 nitrogen and oxygen atoms in total. The van der Waals surface area contributed by atoms with Crippen LogP contribution in [0.4, 0.5) is 5.69 Å². The number of amides is 2. The molecule has 0 aliphatic carbocycles. The van der Waals surface area contributed by atoms with E-state index < -0.39 is 0 Å². The highest BCUT2D eigenvalue weighted by Crippen LogP contribution is 2.32. The topological polar surface area (TPSA) is 58.0 Å². The molecule has 2 aliphatic heterocycles. The van der Waals surface area contributed by atoms with E-state index in [1.807, 2.05) is 95.6 Å². The van der Waals surface area contributed by atoms with Gasteiger partial charge >= 0.3 is 0 Å². The van der Waals surface area contributed by atoms with E-state index in [-0.39, 0.29) is 11.8 Å². The summed E-state index contributed by atoms with van der Waals surface area (Å²) in [4.78, 5) is 33.6. The fourth-order valence-electron chi connectivity index (χ4n) is 5.77. The van der Waals surface area contributed by atoms with Gasteiger partial charge in [-0.05, 0) is 78.7 Å². The number of aryl methyl sites for hydroxylation is 1. The van der Waals surface area contributed by atoms with E-state index in [0.717, 1.165) is 65.6 Å². The van der Waals surface area contributed by atoms with Crippen molar-refractivity contribution in [1.82, 2.24) is 14.4 Å². The zero-order valence-electron chi connectivity index (χ0n) is 23.3. The predicted octanol–water partition coefficient (Wildman–Crippen LogP) is 5.07. The minimum Gasteiger partial charge on any atom is -0.497 e. The molecule has 3 aromatic carbocycles. The Morgan fingerprint density at radius 1 is 0.800 bits per heavy atom. The van der Waals surface area contributed by atoms with E-state index in [9.17, 15) is 9.59 Å². The third-order valence-electron chi connectivity index (χ3n) is 8.11. The van der Waals surface area contributed by atoms with Crippen LogP contribution in [0.3, 0.4) is 0 Å². The molecule has 6 rings (SSSR count). The minimum atomic E-state index is -0.0608. The average molecular weight is 535 g/mol. The Labute approximate surface area is 235 Å². The van der Waals surface area contributed by atoms with Gasteiger partial charge in [0.25, 0.3) is 11.8 Å². The molecule has 4 aromatic rings. The third-order valence-corrected chi connectivity index (χ3v) is 8.11. The van der Waals surface area contributed by atoms with E-state index in [0.29, 0.717) is 24.3 Å². The van der Waals surface area contributed by atoms with Crippen LogP contribution in [0, 0.1) is 6.92 Å². The lowest BCUT2D eigenvalue weighted by atomic mass is 9.97. The molecule has 2 aliphatic rings. The lowest BCUT2D eigenvalue weighted by molar-refractivity contribution is 0.0653. The summed E-state index contributed by atoms with van der Waals surface area (Å²) in [7, 11) is 3.75. The zero-order valence-corrected chi connectivity index (χ0v) is 23.3. The SMILES string of the molecule is COc1cccc(-c2ccc(C(=O)N3Cc4ccc(C(=O)N5CCN(C)CC5)n4Cc4ccccc43)cc2C)c1. The van der Waals surface area contributed by atoms with E-state index in [4.69, 9.17) is 4.74 Å². The first-order chi connectivity index (χ1) is 19.4. The Balaban J connectivity index is 1.32. The number of methoxy groups -OCH3 is 1. The van der Waals surface area contributed by atoms with Gasteiger partial charge < -0.3 is 24.0 Å². The van der Waals surface area contributed by atoms with Crippen LogP contribution < -0.4 is 9.64 Å².